The molecule has 2 aromatic heterocycles. The fourth-order valence-corrected chi connectivity index (χ4v) is 10.7. The van der Waals surface area contributed by atoms with E-state index in [1.807, 2.05) is 6.07 Å². The molecule has 0 atom stereocenters. The third-order valence-corrected chi connectivity index (χ3v) is 13.8. The fraction of sp³-hybridized carbons (Fsp3) is 0.0492. The summed E-state index contributed by atoms with van der Waals surface area (Å²) in [6.07, 6.45) is 0. The summed E-state index contributed by atoms with van der Waals surface area (Å²) in [7, 11) is 0. The summed E-state index contributed by atoms with van der Waals surface area (Å²) in [5.74, 6) is 0. The van der Waals surface area contributed by atoms with Crippen LogP contribution in [0.1, 0.15) is 25.0 Å². The summed E-state index contributed by atoms with van der Waals surface area (Å²) in [4.78, 5) is 2.45. The molecule has 0 N–H and O–H groups in total. The van der Waals surface area contributed by atoms with E-state index >= 15 is 0 Å². The van der Waals surface area contributed by atoms with Gasteiger partial charge in [-0.2, -0.15) is 0 Å². The maximum atomic E-state index is 6.59. The maximum Gasteiger partial charge on any atom is 0.143 e. The molecule has 0 radical (unpaired) electrons. The average Bonchev–Trinajstić information content (AvgIpc) is 3.97. The van der Waals surface area contributed by atoms with Gasteiger partial charge in [-0.3, -0.25) is 0 Å². The van der Waals surface area contributed by atoms with E-state index in [-0.39, 0.29) is 5.41 Å². The second kappa shape index (κ2) is 13.9. The van der Waals surface area contributed by atoms with Crippen LogP contribution in [0.4, 0.5) is 17.1 Å². The van der Waals surface area contributed by atoms with E-state index in [0.717, 1.165) is 55.8 Å². The summed E-state index contributed by atoms with van der Waals surface area (Å²) in [6, 6.07) is 79.7. The molecule has 2 heterocycles. The number of rotatable bonds is 6. The van der Waals surface area contributed by atoms with Crippen molar-refractivity contribution in [2.45, 2.75) is 19.3 Å². The zero-order valence-electron chi connectivity index (χ0n) is 35.6. The molecular weight excluding hydrogens is 777 g/mol. The predicted molar refractivity (Wildman–Crippen MR) is 269 cm³/mol. The normalized spacial score (nSPS) is 13.0. The third-order valence-electron chi connectivity index (χ3n) is 13.8. The first kappa shape index (κ1) is 36.5. The zero-order chi connectivity index (χ0) is 42.5. The fourth-order valence-electron chi connectivity index (χ4n) is 10.7. The van der Waals surface area contributed by atoms with Crippen LogP contribution >= 0.6 is 0 Å². The molecule has 0 unspecified atom stereocenters. The van der Waals surface area contributed by atoms with Gasteiger partial charge in [0.15, 0.2) is 0 Å². The number of aromatic nitrogens is 1. The SMILES string of the molecule is CC1(C)c2ccccc2-c2ccc(N(c3ccc(-c4ccc5c(c4)c4ccccc4n5-c4ccccc4)cc3)c3ccc(-c4cccc5c4oc4ccccc45)c4ccccc34)cc21. The maximum absolute atomic E-state index is 6.59. The van der Waals surface area contributed by atoms with Crippen LogP contribution in [0.25, 0.3) is 93.6 Å². The van der Waals surface area contributed by atoms with Gasteiger partial charge in [0.05, 0.1) is 16.7 Å². The molecule has 0 saturated carbocycles. The molecule has 3 nitrogen and oxygen atoms in total. The minimum absolute atomic E-state index is 0.142. The van der Waals surface area contributed by atoms with Gasteiger partial charge in [-0.05, 0) is 111 Å². The molecule has 1 aliphatic carbocycles. The lowest BCUT2D eigenvalue weighted by Crippen LogP contribution is -2.16. The number of anilines is 3. The van der Waals surface area contributed by atoms with Crippen LogP contribution in [0.2, 0.25) is 0 Å². The lowest BCUT2D eigenvalue weighted by molar-refractivity contribution is 0.660. The Kier molecular flexibility index (Phi) is 7.95. The molecule has 13 rings (SSSR count). The lowest BCUT2D eigenvalue weighted by atomic mass is 9.82. The van der Waals surface area contributed by atoms with E-state index in [9.17, 15) is 0 Å². The molecule has 3 heteroatoms. The molecule has 10 aromatic carbocycles. The molecular formula is C61H42N2O. The minimum Gasteiger partial charge on any atom is -0.455 e. The van der Waals surface area contributed by atoms with Crippen molar-refractivity contribution < 1.29 is 4.42 Å². The molecule has 0 spiro atoms. The second-order valence-electron chi connectivity index (χ2n) is 17.7. The molecule has 0 saturated heterocycles. The van der Waals surface area contributed by atoms with E-state index in [2.05, 4.69) is 236 Å². The van der Waals surface area contributed by atoms with E-state index in [1.165, 1.54) is 66.0 Å². The van der Waals surface area contributed by atoms with Gasteiger partial charge in [-0.25, -0.2) is 0 Å². The highest BCUT2D eigenvalue weighted by molar-refractivity contribution is 6.14. The quantitative estimate of drug-likeness (QED) is 0.167. The Balaban J connectivity index is 0.975. The molecule has 302 valence electrons. The minimum atomic E-state index is -0.142. The molecule has 0 aliphatic heterocycles. The van der Waals surface area contributed by atoms with E-state index < -0.39 is 0 Å². The number of hydrogen-bond acceptors (Lipinski definition) is 2. The van der Waals surface area contributed by atoms with E-state index in [4.69, 9.17) is 4.42 Å². The van der Waals surface area contributed by atoms with Gasteiger partial charge in [0.2, 0.25) is 0 Å². The third kappa shape index (κ3) is 5.41. The van der Waals surface area contributed by atoms with Crippen LogP contribution in [0.15, 0.2) is 223 Å². The summed E-state index contributed by atoms with van der Waals surface area (Å²) < 4.78 is 8.97. The van der Waals surface area contributed by atoms with E-state index in [1.54, 1.807) is 0 Å². The van der Waals surface area contributed by atoms with Crippen molar-refractivity contribution in [1.29, 1.82) is 0 Å². The molecule has 0 fully saturated rings. The van der Waals surface area contributed by atoms with E-state index in [0.29, 0.717) is 0 Å². The topological polar surface area (TPSA) is 21.3 Å². The Labute approximate surface area is 371 Å². The van der Waals surface area contributed by atoms with Crippen LogP contribution in [0.3, 0.4) is 0 Å². The van der Waals surface area contributed by atoms with Crippen LogP contribution in [-0.4, -0.2) is 4.57 Å². The zero-order valence-corrected chi connectivity index (χ0v) is 35.6. The number of benzene rings is 10. The first-order valence-electron chi connectivity index (χ1n) is 22.2. The Bertz CT molecular complexity index is 3810. The molecule has 0 amide bonds. The van der Waals surface area contributed by atoms with Crippen LogP contribution < -0.4 is 4.90 Å². The molecule has 1 aliphatic rings. The number of furan rings is 1. The number of fused-ring (bicyclic) bond motifs is 10. The second-order valence-corrected chi connectivity index (χ2v) is 17.7. The first-order chi connectivity index (χ1) is 31.5. The predicted octanol–water partition coefficient (Wildman–Crippen LogP) is 16.9. The first-order valence-corrected chi connectivity index (χ1v) is 22.2. The number of nitrogens with zero attached hydrogens (tertiary/aromatic N) is 2. The van der Waals surface area contributed by atoms with Gasteiger partial charge in [0.1, 0.15) is 11.2 Å². The number of hydrogen-bond donors (Lipinski definition) is 0. The Morgan fingerprint density at radius 1 is 0.391 bits per heavy atom. The summed E-state index contributed by atoms with van der Waals surface area (Å²) >= 11 is 0. The van der Waals surface area contributed by atoms with Crippen molar-refractivity contribution in [3.63, 3.8) is 0 Å². The van der Waals surface area contributed by atoms with Gasteiger partial charge in [-0.1, -0.05) is 166 Å². The highest BCUT2D eigenvalue weighted by Crippen LogP contribution is 2.52. The van der Waals surface area contributed by atoms with Crippen LogP contribution in [-0.2, 0) is 5.41 Å². The van der Waals surface area contributed by atoms with Gasteiger partial charge >= 0.3 is 0 Å². The van der Waals surface area contributed by atoms with Gasteiger partial charge < -0.3 is 13.9 Å². The molecule has 64 heavy (non-hydrogen) atoms. The summed E-state index contributed by atoms with van der Waals surface area (Å²) in [5.41, 5.74) is 18.5. The van der Waals surface area contributed by atoms with Crippen molar-refractivity contribution in [3.05, 3.63) is 230 Å². The van der Waals surface area contributed by atoms with Crippen LogP contribution in [0.5, 0.6) is 0 Å². The van der Waals surface area contributed by atoms with Gasteiger partial charge in [0, 0.05) is 55.0 Å². The number of para-hydroxylation sites is 4. The van der Waals surface area contributed by atoms with Crippen molar-refractivity contribution in [3.8, 4) is 39.1 Å². The Morgan fingerprint density at radius 3 is 1.88 bits per heavy atom. The largest absolute Gasteiger partial charge is 0.455 e. The van der Waals surface area contributed by atoms with Crippen molar-refractivity contribution >= 4 is 71.6 Å². The van der Waals surface area contributed by atoms with Gasteiger partial charge in [0.25, 0.3) is 0 Å². The van der Waals surface area contributed by atoms with Crippen molar-refractivity contribution in [1.82, 2.24) is 4.57 Å². The summed E-state index contributed by atoms with van der Waals surface area (Å²) in [5, 5.41) is 7.10. The highest BCUT2D eigenvalue weighted by Gasteiger charge is 2.36. The Morgan fingerprint density at radius 2 is 1.02 bits per heavy atom. The summed E-state index contributed by atoms with van der Waals surface area (Å²) in [6.45, 7) is 4.72. The molecule has 12 aromatic rings. The molecule has 0 bridgehead atoms. The van der Waals surface area contributed by atoms with Crippen LogP contribution in [0, 0.1) is 0 Å². The average molecular weight is 819 g/mol. The van der Waals surface area contributed by atoms with Crippen molar-refractivity contribution in [2.75, 3.05) is 4.90 Å². The smallest absolute Gasteiger partial charge is 0.143 e. The van der Waals surface area contributed by atoms with Gasteiger partial charge in [-0.15, -0.1) is 0 Å². The standard InChI is InChI=1S/C61H42N2O/c1-61(2)54-24-11-8-18-46(54)47-33-32-43(38-55(47)61)62(57-36-34-45(44-17-6-7-19-48(44)57)51-22-14-23-52-50-21-10-13-26-59(50)64-60(51)52)42-30-27-39(28-31-42)40-29-35-58-53(37-40)49-20-9-12-25-56(49)63(58)41-15-4-3-5-16-41/h3-38H,1-2H3. The Hall–Kier alpha value is -8.14. The highest BCUT2D eigenvalue weighted by atomic mass is 16.3. The monoisotopic (exact) mass is 818 g/mol. The van der Waals surface area contributed by atoms with Crippen molar-refractivity contribution in [2.24, 2.45) is 0 Å². The lowest BCUT2D eigenvalue weighted by Gasteiger charge is -2.29.